The highest BCUT2D eigenvalue weighted by molar-refractivity contribution is 9.10. The first-order chi connectivity index (χ1) is 5.77. The zero-order valence-electron chi connectivity index (χ0n) is 6.37. The summed E-state index contributed by atoms with van der Waals surface area (Å²) in [6, 6.07) is 5.79. The van der Waals surface area contributed by atoms with E-state index in [0.29, 0.717) is 6.54 Å². The lowest BCUT2D eigenvalue weighted by atomic mass is 10.1. The molecule has 0 aromatic heterocycles. The summed E-state index contributed by atoms with van der Waals surface area (Å²) in [5.41, 5.74) is 1.90. The van der Waals surface area contributed by atoms with E-state index in [-0.39, 0.29) is 0 Å². The van der Waals surface area contributed by atoms with Crippen molar-refractivity contribution in [1.29, 1.82) is 0 Å². The number of hydrogen-bond donors (Lipinski definition) is 1. The third-order valence-electron chi connectivity index (χ3n) is 1.84. The molecule has 1 aliphatic heterocycles. The van der Waals surface area contributed by atoms with Crippen molar-refractivity contribution in [2.24, 2.45) is 0 Å². The number of hydrogen-bond acceptors (Lipinski definition) is 2. The van der Waals surface area contributed by atoms with Gasteiger partial charge in [-0.3, -0.25) is 10.3 Å². The van der Waals surface area contributed by atoms with Crippen LogP contribution in [0.5, 0.6) is 0 Å². The van der Waals surface area contributed by atoms with E-state index >= 15 is 0 Å². The van der Waals surface area contributed by atoms with Crippen LogP contribution in [-0.2, 0) is 0 Å². The SMILES string of the molecule is ON1CC=Cc2cc(Br)ccc21. The summed E-state index contributed by atoms with van der Waals surface area (Å²) >= 11 is 3.38. The van der Waals surface area contributed by atoms with E-state index in [0.717, 1.165) is 15.7 Å². The van der Waals surface area contributed by atoms with Gasteiger partial charge in [0.25, 0.3) is 0 Å². The molecule has 0 aliphatic carbocycles. The summed E-state index contributed by atoms with van der Waals surface area (Å²) in [5, 5.41) is 10.7. The monoisotopic (exact) mass is 225 g/mol. The van der Waals surface area contributed by atoms with Gasteiger partial charge in [-0.05, 0) is 18.2 Å². The predicted molar refractivity (Wildman–Crippen MR) is 52.3 cm³/mol. The van der Waals surface area contributed by atoms with Crippen molar-refractivity contribution < 1.29 is 5.21 Å². The lowest BCUT2D eigenvalue weighted by Crippen LogP contribution is -2.20. The third kappa shape index (κ3) is 1.26. The molecule has 0 amide bonds. The summed E-state index contributed by atoms with van der Waals surface area (Å²) in [7, 11) is 0. The molecule has 1 N–H and O–H groups in total. The van der Waals surface area contributed by atoms with Gasteiger partial charge in [-0.2, -0.15) is 0 Å². The van der Waals surface area contributed by atoms with Crippen LogP contribution in [-0.4, -0.2) is 11.8 Å². The molecule has 0 spiro atoms. The first kappa shape index (κ1) is 7.83. The fourth-order valence-corrected chi connectivity index (χ4v) is 1.65. The fourth-order valence-electron chi connectivity index (χ4n) is 1.27. The molecule has 1 heterocycles. The van der Waals surface area contributed by atoms with Crippen molar-refractivity contribution in [2.45, 2.75) is 0 Å². The highest BCUT2D eigenvalue weighted by atomic mass is 79.9. The summed E-state index contributed by atoms with van der Waals surface area (Å²) in [6.07, 6.45) is 3.93. The Morgan fingerprint density at radius 1 is 1.42 bits per heavy atom. The van der Waals surface area contributed by atoms with Gasteiger partial charge in [0.2, 0.25) is 0 Å². The third-order valence-corrected chi connectivity index (χ3v) is 2.34. The molecule has 0 atom stereocenters. The molecular formula is C9H8BrNO. The second kappa shape index (κ2) is 2.92. The Kier molecular flexibility index (Phi) is 1.90. The number of halogens is 1. The number of anilines is 1. The summed E-state index contributed by atoms with van der Waals surface area (Å²) in [5.74, 6) is 0. The van der Waals surface area contributed by atoms with Gasteiger partial charge >= 0.3 is 0 Å². The van der Waals surface area contributed by atoms with Gasteiger partial charge in [0.05, 0.1) is 12.2 Å². The van der Waals surface area contributed by atoms with Crippen molar-refractivity contribution in [3.05, 3.63) is 34.3 Å². The molecule has 2 rings (SSSR count). The second-order valence-electron chi connectivity index (χ2n) is 2.69. The van der Waals surface area contributed by atoms with Crippen LogP contribution < -0.4 is 5.06 Å². The van der Waals surface area contributed by atoms with Gasteiger partial charge in [0, 0.05) is 10.0 Å². The van der Waals surface area contributed by atoms with Crippen LogP contribution in [0.1, 0.15) is 5.56 Å². The molecule has 0 saturated heterocycles. The van der Waals surface area contributed by atoms with E-state index in [1.54, 1.807) is 0 Å². The number of rotatable bonds is 0. The minimum Gasteiger partial charge on any atom is -0.288 e. The van der Waals surface area contributed by atoms with E-state index in [4.69, 9.17) is 0 Å². The quantitative estimate of drug-likeness (QED) is 0.735. The Balaban J connectivity index is 2.55. The van der Waals surface area contributed by atoms with Gasteiger partial charge in [-0.15, -0.1) is 0 Å². The van der Waals surface area contributed by atoms with Crippen molar-refractivity contribution in [3.63, 3.8) is 0 Å². The lowest BCUT2D eigenvalue weighted by molar-refractivity contribution is 0.265. The van der Waals surface area contributed by atoms with Gasteiger partial charge < -0.3 is 0 Å². The van der Waals surface area contributed by atoms with Crippen LogP contribution in [0.2, 0.25) is 0 Å². The van der Waals surface area contributed by atoms with Crippen LogP contribution in [0.25, 0.3) is 6.08 Å². The molecule has 62 valence electrons. The van der Waals surface area contributed by atoms with Gasteiger partial charge in [-0.1, -0.05) is 28.1 Å². The van der Waals surface area contributed by atoms with Crippen molar-refractivity contribution in [3.8, 4) is 0 Å². The first-order valence-corrected chi connectivity index (χ1v) is 4.49. The minimum absolute atomic E-state index is 0.564. The number of benzene rings is 1. The van der Waals surface area contributed by atoms with Crippen molar-refractivity contribution in [1.82, 2.24) is 0 Å². The maximum Gasteiger partial charge on any atom is 0.0710 e. The van der Waals surface area contributed by atoms with Crippen LogP contribution in [0.3, 0.4) is 0 Å². The molecule has 1 aromatic rings. The average Bonchev–Trinajstić information content (AvgIpc) is 2.04. The van der Waals surface area contributed by atoms with Crippen LogP contribution in [0, 0.1) is 0 Å². The molecule has 1 aromatic carbocycles. The Labute approximate surface area is 79.2 Å². The van der Waals surface area contributed by atoms with Crippen molar-refractivity contribution >= 4 is 27.7 Å². The largest absolute Gasteiger partial charge is 0.288 e. The number of fused-ring (bicyclic) bond motifs is 1. The molecule has 0 unspecified atom stereocenters. The smallest absolute Gasteiger partial charge is 0.0710 e. The normalized spacial score (nSPS) is 14.7. The zero-order valence-corrected chi connectivity index (χ0v) is 7.95. The maximum atomic E-state index is 9.42. The van der Waals surface area contributed by atoms with Crippen LogP contribution >= 0.6 is 15.9 Å². The molecular weight excluding hydrogens is 218 g/mol. The van der Waals surface area contributed by atoms with Gasteiger partial charge in [0.15, 0.2) is 0 Å². The molecule has 0 bridgehead atoms. The Hall–Kier alpha value is -0.800. The summed E-state index contributed by atoms with van der Waals surface area (Å²) in [4.78, 5) is 0. The van der Waals surface area contributed by atoms with E-state index in [2.05, 4.69) is 15.9 Å². The first-order valence-electron chi connectivity index (χ1n) is 3.70. The van der Waals surface area contributed by atoms with Crippen LogP contribution in [0.4, 0.5) is 5.69 Å². The molecule has 0 saturated carbocycles. The molecule has 0 fully saturated rings. The van der Waals surface area contributed by atoms with Gasteiger partial charge in [0.1, 0.15) is 0 Å². The molecule has 3 heteroatoms. The maximum absolute atomic E-state index is 9.42. The van der Waals surface area contributed by atoms with Crippen molar-refractivity contribution in [2.75, 3.05) is 11.6 Å². The lowest BCUT2D eigenvalue weighted by Gasteiger charge is -2.21. The highest BCUT2D eigenvalue weighted by Crippen LogP contribution is 2.27. The van der Waals surface area contributed by atoms with E-state index in [1.807, 2.05) is 30.4 Å². The molecule has 1 aliphatic rings. The summed E-state index contributed by atoms with van der Waals surface area (Å²) < 4.78 is 1.03. The van der Waals surface area contributed by atoms with E-state index in [1.165, 1.54) is 5.06 Å². The molecule has 0 radical (unpaired) electrons. The Morgan fingerprint density at radius 2 is 2.25 bits per heavy atom. The van der Waals surface area contributed by atoms with E-state index in [9.17, 15) is 5.21 Å². The Morgan fingerprint density at radius 3 is 3.08 bits per heavy atom. The predicted octanol–water partition coefficient (Wildman–Crippen LogP) is 2.67. The summed E-state index contributed by atoms with van der Waals surface area (Å²) in [6.45, 7) is 0.564. The topological polar surface area (TPSA) is 23.5 Å². The minimum atomic E-state index is 0.564. The standard InChI is InChI=1S/C9H8BrNO/c10-8-3-4-9-7(6-8)2-1-5-11(9)12/h1-4,6,12H,5H2. The molecule has 12 heavy (non-hydrogen) atoms. The Bertz CT molecular complexity index is 335. The zero-order chi connectivity index (χ0) is 8.55. The number of hydroxylamine groups is 1. The fraction of sp³-hybridized carbons (Fsp3) is 0.111. The number of nitrogens with zero attached hydrogens (tertiary/aromatic N) is 1. The average molecular weight is 226 g/mol. The van der Waals surface area contributed by atoms with Crippen LogP contribution in [0.15, 0.2) is 28.7 Å². The van der Waals surface area contributed by atoms with E-state index < -0.39 is 0 Å². The van der Waals surface area contributed by atoms with Gasteiger partial charge in [-0.25, -0.2) is 0 Å². The second-order valence-corrected chi connectivity index (χ2v) is 3.60. The molecule has 2 nitrogen and oxygen atoms in total. The highest BCUT2D eigenvalue weighted by Gasteiger charge is 2.09.